The highest BCUT2D eigenvalue weighted by Crippen LogP contribution is 2.39. The van der Waals surface area contributed by atoms with E-state index in [1.165, 1.54) is 38.5 Å². The number of carbonyl (C=O) groups is 1. The minimum atomic E-state index is 0.271. The Hall–Kier alpha value is -0.850. The summed E-state index contributed by atoms with van der Waals surface area (Å²) in [4.78, 5) is 13.5. The number of likely N-dealkylation sites (tertiary alicyclic amines) is 1. The van der Waals surface area contributed by atoms with Crippen molar-refractivity contribution in [2.75, 3.05) is 13.6 Å². The van der Waals surface area contributed by atoms with Crippen LogP contribution in [-0.4, -0.2) is 30.8 Å². The first kappa shape index (κ1) is 12.6. The summed E-state index contributed by atoms with van der Waals surface area (Å²) in [6.07, 6.45) is 8.96. The van der Waals surface area contributed by atoms with Gasteiger partial charge in [0.25, 0.3) is 0 Å². The molecule has 17 heavy (non-hydrogen) atoms. The molecule has 0 aromatic rings. The van der Waals surface area contributed by atoms with Crippen molar-refractivity contribution in [1.82, 2.24) is 4.90 Å². The first-order valence-electron chi connectivity index (χ1n) is 6.83. The van der Waals surface area contributed by atoms with Gasteiger partial charge in [0.2, 0.25) is 0 Å². The van der Waals surface area contributed by atoms with E-state index in [2.05, 4.69) is 24.3 Å². The molecule has 2 fully saturated rings. The molecule has 0 aromatic carbocycles. The van der Waals surface area contributed by atoms with Gasteiger partial charge in [-0.1, -0.05) is 32.3 Å². The molecule has 0 amide bonds. The Morgan fingerprint density at radius 3 is 2.65 bits per heavy atom. The molecule has 0 aromatic heterocycles. The zero-order chi connectivity index (χ0) is 12.3. The highest BCUT2D eigenvalue weighted by Gasteiger charge is 2.41. The summed E-state index contributed by atoms with van der Waals surface area (Å²) in [5.74, 6) is 1.42. The van der Waals surface area contributed by atoms with Gasteiger partial charge in [-0.3, -0.25) is 9.69 Å². The molecule has 2 nitrogen and oxygen atoms in total. The van der Waals surface area contributed by atoms with Gasteiger partial charge in [0.15, 0.2) is 6.29 Å². The van der Waals surface area contributed by atoms with Crippen molar-refractivity contribution in [3.05, 3.63) is 17.9 Å². The predicted octanol–water partition coefficient (Wildman–Crippen LogP) is 2.80. The van der Waals surface area contributed by atoms with Gasteiger partial charge >= 0.3 is 0 Å². The predicted molar refractivity (Wildman–Crippen MR) is 69.8 cm³/mol. The second-order valence-electron chi connectivity index (χ2n) is 5.55. The second-order valence-corrected chi connectivity index (χ2v) is 5.55. The summed E-state index contributed by atoms with van der Waals surface area (Å²) >= 11 is 0. The molecule has 2 heteroatoms. The quantitative estimate of drug-likeness (QED) is 0.415. The van der Waals surface area contributed by atoms with Gasteiger partial charge in [-0.2, -0.15) is 0 Å². The van der Waals surface area contributed by atoms with Gasteiger partial charge in [-0.05, 0) is 31.7 Å². The topological polar surface area (TPSA) is 20.3 Å². The zero-order valence-electron chi connectivity index (χ0n) is 10.8. The maximum absolute atomic E-state index is 11.1. The lowest BCUT2D eigenvalue weighted by Crippen LogP contribution is -2.32. The van der Waals surface area contributed by atoms with Crippen LogP contribution in [0.3, 0.4) is 0 Å². The van der Waals surface area contributed by atoms with Crippen LogP contribution < -0.4 is 0 Å². The zero-order valence-corrected chi connectivity index (χ0v) is 10.8. The smallest absolute Gasteiger partial charge is 0.155 e. The highest BCUT2D eigenvalue weighted by atomic mass is 16.1. The Morgan fingerprint density at radius 1 is 1.29 bits per heavy atom. The Kier molecular flexibility index (Phi) is 4.20. The minimum Gasteiger partial charge on any atom is -0.298 e. The third kappa shape index (κ3) is 2.53. The van der Waals surface area contributed by atoms with E-state index in [1.807, 2.05) is 0 Å². The van der Waals surface area contributed by atoms with Gasteiger partial charge in [-0.25, -0.2) is 0 Å². The van der Waals surface area contributed by atoms with Crippen LogP contribution in [0.15, 0.2) is 17.9 Å². The maximum atomic E-state index is 11.1. The summed E-state index contributed by atoms with van der Waals surface area (Å²) < 4.78 is 0. The Bertz CT molecular complexity index is 330. The van der Waals surface area contributed by atoms with Crippen LogP contribution in [0.1, 0.15) is 38.5 Å². The summed E-state index contributed by atoms with van der Waals surface area (Å²) in [6.45, 7) is 4.80. The highest BCUT2D eigenvalue weighted by molar-refractivity contribution is 5.75. The van der Waals surface area contributed by atoms with E-state index in [-0.39, 0.29) is 6.04 Å². The molecule has 3 atom stereocenters. The summed E-state index contributed by atoms with van der Waals surface area (Å²) in [5, 5.41) is 0. The van der Waals surface area contributed by atoms with Gasteiger partial charge in [-0.15, -0.1) is 5.73 Å². The minimum absolute atomic E-state index is 0.271. The molecule has 1 aliphatic heterocycles. The van der Waals surface area contributed by atoms with E-state index in [0.29, 0.717) is 5.92 Å². The molecule has 2 aliphatic rings. The third-order valence-corrected chi connectivity index (χ3v) is 4.52. The Balaban J connectivity index is 2.19. The maximum Gasteiger partial charge on any atom is 0.155 e. The van der Waals surface area contributed by atoms with Crippen molar-refractivity contribution < 1.29 is 4.79 Å². The van der Waals surface area contributed by atoms with Gasteiger partial charge in [0.1, 0.15) is 0 Å². The van der Waals surface area contributed by atoms with E-state index in [1.54, 1.807) is 0 Å². The van der Waals surface area contributed by atoms with Crippen molar-refractivity contribution in [2.45, 2.75) is 44.6 Å². The van der Waals surface area contributed by atoms with Crippen molar-refractivity contribution in [2.24, 2.45) is 11.8 Å². The third-order valence-electron chi connectivity index (χ3n) is 4.52. The molecule has 0 N–H and O–H groups in total. The van der Waals surface area contributed by atoms with Crippen LogP contribution in [-0.2, 0) is 4.79 Å². The van der Waals surface area contributed by atoms with Crippen molar-refractivity contribution in [1.29, 1.82) is 0 Å². The summed E-state index contributed by atoms with van der Waals surface area (Å²) in [7, 11) is 2.14. The molecule has 1 aliphatic carbocycles. The molecule has 2 rings (SSSR count). The first-order chi connectivity index (χ1) is 8.27. The van der Waals surface area contributed by atoms with Gasteiger partial charge < -0.3 is 0 Å². The van der Waals surface area contributed by atoms with Crippen LogP contribution in [0.2, 0.25) is 0 Å². The number of likely N-dealkylation sites (N-methyl/N-ethyl adjacent to an activating group) is 1. The first-order valence-corrected chi connectivity index (χ1v) is 6.83. The molecule has 0 spiro atoms. The molecule has 0 radical (unpaired) electrons. The molecular formula is C15H23NO. The molecule has 1 saturated carbocycles. The van der Waals surface area contributed by atoms with Crippen LogP contribution in [0, 0.1) is 11.8 Å². The van der Waals surface area contributed by atoms with E-state index >= 15 is 0 Å². The molecule has 94 valence electrons. The largest absolute Gasteiger partial charge is 0.298 e. The fourth-order valence-electron chi connectivity index (χ4n) is 3.73. The van der Waals surface area contributed by atoms with E-state index in [4.69, 9.17) is 0 Å². The van der Waals surface area contributed by atoms with E-state index < -0.39 is 0 Å². The second kappa shape index (κ2) is 5.66. The summed E-state index contributed by atoms with van der Waals surface area (Å²) in [6, 6.07) is 0.271. The van der Waals surface area contributed by atoms with Crippen LogP contribution >= 0.6 is 0 Å². The number of carbonyl (C=O) groups excluding carboxylic acids is 1. The number of aldehydes is 1. The Morgan fingerprint density at radius 2 is 2.00 bits per heavy atom. The Labute approximate surface area is 104 Å². The molecule has 3 unspecified atom stereocenters. The number of fused-ring (bicyclic) bond motifs is 1. The van der Waals surface area contributed by atoms with Crippen molar-refractivity contribution >= 4 is 6.29 Å². The van der Waals surface area contributed by atoms with E-state index in [0.717, 1.165) is 24.3 Å². The fraction of sp³-hybridized carbons (Fsp3) is 0.733. The van der Waals surface area contributed by atoms with Crippen molar-refractivity contribution in [3.63, 3.8) is 0 Å². The summed E-state index contributed by atoms with van der Waals surface area (Å²) in [5.41, 5.74) is 3.61. The monoisotopic (exact) mass is 233 g/mol. The molecule has 0 bridgehead atoms. The normalized spacial score (nSPS) is 34.3. The fourth-order valence-corrected chi connectivity index (χ4v) is 3.73. The lowest BCUT2D eigenvalue weighted by atomic mass is 9.79. The SMILES string of the molecule is C=C=C(C=O)C1C2CCCCCCC2CN1C. The number of hydrogen-bond acceptors (Lipinski definition) is 2. The standard InChI is InChI=1S/C15H23NO/c1-3-12(11-17)15-14-9-7-5-4-6-8-13(14)10-16(15)2/h11,13-15H,1,4-10H2,2H3. The van der Waals surface area contributed by atoms with Crippen molar-refractivity contribution in [3.8, 4) is 0 Å². The van der Waals surface area contributed by atoms with Gasteiger partial charge in [0, 0.05) is 12.6 Å². The number of hydrogen-bond donors (Lipinski definition) is 0. The lowest BCUT2D eigenvalue weighted by Gasteiger charge is -2.27. The van der Waals surface area contributed by atoms with Crippen LogP contribution in [0.25, 0.3) is 0 Å². The van der Waals surface area contributed by atoms with Gasteiger partial charge in [0.05, 0.1) is 5.57 Å². The number of rotatable bonds is 2. The van der Waals surface area contributed by atoms with Crippen LogP contribution in [0.5, 0.6) is 0 Å². The molecule has 1 heterocycles. The molecule has 1 saturated heterocycles. The van der Waals surface area contributed by atoms with Crippen LogP contribution in [0.4, 0.5) is 0 Å². The number of nitrogens with zero attached hydrogens (tertiary/aromatic N) is 1. The average molecular weight is 233 g/mol. The average Bonchev–Trinajstić information content (AvgIpc) is 2.58. The lowest BCUT2D eigenvalue weighted by molar-refractivity contribution is -0.105. The molecular weight excluding hydrogens is 210 g/mol. The van der Waals surface area contributed by atoms with E-state index in [9.17, 15) is 4.79 Å².